The number of hydrogen-bond donors (Lipinski definition) is 1. The summed E-state index contributed by atoms with van der Waals surface area (Å²) < 4.78 is 13.6. The van der Waals surface area contributed by atoms with Crippen molar-refractivity contribution >= 4 is 35.7 Å². The molecular weight excluding hydrogens is 418 g/mol. The third-order valence-electron chi connectivity index (χ3n) is 6.29. The molecule has 0 atom stereocenters. The van der Waals surface area contributed by atoms with Crippen LogP contribution in [-0.4, -0.2) is 55.9 Å². The Hall–Kier alpha value is -3.13. The topological polar surface area (TPSA) is 80.5 Å². The van der Waals surface area contributed by atoms with Crippen LogP contribution in [0.3, 0.4) is 0 Å². The molecule has 1 aliphatic carbocycles. The van der Waals surface area contributed by atoms with E-state index < -0.39 is 0 Å². The number of nitrogens with one attached hydrogen (secondary N) is 1. The quantitative estimate of drug-likeness (QED) is 0.642. The summed E-state index contributed by atoms with van der Waals surface area (Å²) in [5, 5.41) is 3.50. The average molecular weight is 452 g/mol. The molecule has 1 aromatic heterocycles. The molecule has 0 amide bonds. The SMILES string of the molecule is C=Nc1c(N=CC)cc(N2CCOCC2)cc1OC1CCC(Nc2ccn(C)c(=O)c2)CC1. The van der Waals surface area contributed by atoms with Gasteiger partial charge in [0.2, 0.25) is 0 Å². The molecule has 0 radical (unpaired) electrons. The molecule has 4 rings (SSSR count). The number of rotatable bonds is 7. The first-order chi connectivity index (χ1) is 16.1. The Morgan fingerprint density at radius 1 is 1.18 bits per heavy atom. The molecule has 33 heavy (non-hydrogen) atoms. The summed E-state index contributed by atoms with van der Waals surface area (Å²) in [5.41, 5.74) is 3.40. The van der Waals surface area contributed by atoms with Gasteiger partial charge in [-0.1, -0.05) is 0 Å². The maximum Gasteiger partial charge on any atom is 0.252 e. The lowest BCUT2D eigenvalue weighted by Crippen LogP contribution is -2.36. The van der Waals surface area contributed by atoms with Crippen LogP contribution in [0.15, 0.2) is 45.2 Å². The molecule has 2 heterocycles. The number of nitrogens with zero attached hydrogens (tertiary/aromatic N) is 4. The van der Waals surface area contributed by atoms with E-state index in [0.717, 1.165) is 61.6 Å². The van der Waals surface area contributed by atoms with Crippen molar-refractivity contribution in [2.24, 2.45) is 17.0 Å². The van der Waals surface area contributed by atoms with Gasteiger partial charge in [-0.15, -0.1) is 0 Å². The molecule has 8 nitrogen and oxygen atoms in total. The fraction of sp³-hybridized carbons (Fsp3) is 0.480. The van der Waals surface area contributed by atoms with E-state index in [1.165, 1.54) is 0 Å². The van der Waals surface area contributed by atoms with Crippen molar-refractivity contribution in [3.05, 3.63) is 40.8 Å². The first-order valence-corrected chi connectivity index (χ1v) is 11.6. The van der Waals surface area contributed by atoms with Crippen LogP contribution in [0.1, 0.15) is 32.6 Å². The number of aryl methyl sites for hydroxylation is 1. The highest BCUT2D eigenvalue weighted by Crippen LogP contribution is 2.43. The maximum atomic E-state index is 11.9. The van der Waals surface area contributed by atoms with Gasteiger partial charge >= 0.3 is 0 Å². The molecule has 8 heteroatoms. The smallest absolute Gasteiger partial charge is 0.252 e. The lowest BCUT2D eigenvalue weighted by atomic mass is 9.92. The highest BCUT2D eigenvalue weighted by atomic mass is 16.5. The van der Waals surface area contributed by atoms with E-state index in [4.69, 9.17) is 9.47 Å². The van der Waals surface area contributed by atoms with Gasteiger partial charge in [0.15, 0.2) is 0 Å². The van der Waals surface area contributed by atoms with Crippen LogP contribution in [0.5, 0.6) is 5.75 Å². The minimum absolute atomic E-state index is 0.00725. The summed E-state index contributed by atoms with van der Waals surface area (Å²) >= 11 is 0. The van der Waals surface area contributed by atoms with Crippen LogP contribution in [0.2, 0.25) is 0 Å². The fourth-order valence-corrected chi connectivity index (χ4v) is 4.45. The van der Waals surface area contributed by atoms with E-state index in [-0.39, 0.29) is 11.7 Å². The molecule has 1 aromatic carbocycles. The zero-order valence-corrected chi connectivity index (χ0v) is 19.5. The van der Waals surface area contributed by atoms with Crippen molar-refractivity contribution in [3.63, 3.8) is 0 Å². The van der Waals surface area contributed by atoms with Gasteiger partial charge in [-0.05, 0) is 51.5 Å². The summed E-state index contributed by atoms with van der Waals surface area (Å²) in [7, 11) is 1.76. The van der Waals surface area contributed by atoms with Gasteiger partial charge < -0.3 is 24.3 Å². The van der Waals surface area contributed by atoms with Gasteiger partial charge in [-0.2, -0.15) is 0 Å². The van der Waals surface area contributed by atoms with Crippen molar-refractivity contribution < 1.29 is 9.47 Å². The highest BCUT2D eigenvalue weighted by molar-refractivity contribution is 5.80. The molecule has 2 fully saturated rings. The van der Waals surface area contributed by atoms with Crippen molar-refractivity contribution in [2.45, 2.75) is 44.8 Å². The lowest BCUT2D eigenvalue weighted by Gasteiger charge is -2.32. The van der Waals surface area contributed by atoms with E-state index in [0.29, 0.717) is 24.9 Å². The molecule has 0 bridgehead atoms. The number of aliphatic imine (C=N–C) groups is 2. The first kappa shape index (κ1) is 23.0. The fourth-order valence-electron chi connectivity index (χ4n) is 4.45. The number of ether oxygens (including phenoxy) is 2. The Balaban J connectivity index is 1.45. The molecule has 1 aliphatic heterocycles. The summed E-state index contributed by atoms with van der Waals surface area (Å²) in [4.78, 5) is 23.0. The number of anilines is 2. The Labute approximate surface area is 195 Å². The molecule has 2 aliphatic rings. The van der Waals surface area contributed by atoms with Gasteiger partial charge in [-0.25, -0.2) is 0 Å². The van der Waals surface area contributed by atoms with E-state index in [1.54, 1.807) is 30.1 Å². The van der Waals surface area contributed by atoms with Crippen LogP contribution < -0.4 is 20.5 Å². The van der Waals surface area contributed by atoms with Gasteiger partial charge in [0.05, 0.1) is 25.0 Å². The second kappa shape index (κ2) is 10.7. The predicted octanol–water partition coefficient (Wildman–Crippen LogP) is 4.08. The molecule has 1 saturated heterocycles. The number of pyridine rings is 1. The Morgan fingerprint density at radius 2 is 1.94 bits per heavy atom. The van der Waals surface area contributed by atoms with Gasteiger partial charge in [0.1, 0.15) is 11.4 Å². The van der Waals surface area contributed by atoms with Crippen LogP contribution in [-0.2, 0) is 11.8 Å². The molecule has 176 valence electrons. The predicted molar refractivity (Wildman–Crippen MR) is 134 cm³/mol. The zero-order chi connectivity index (χ0) is 23.2. The second-order valence-electron chi connectivity index (χ2n) is 8.56. The molecule has 2 aromatic rings. The lowest BCUT2D eigenvalue weighted by molar-refractivity contribution is 0.122. The maximum absolute atomic E-state index is 11.9. The minimum Gasteiger partial charge on any atom is -0.488 e. The van der Waals surface area contributed by atoms with Crippen molar-refractivity contribution in [3.8, 4) is 5.75 Å². The number of morpholine rings is 1. The second-order valence-corrected chi connectivity index (χ2v) is 8.56. The number of benzene rings is 1. The van der Waals surface area contributed by atoms with Crippen molar-refractivity contribution in [1.82, 2.24) is 4.57 Å². The van der Waals surface area contributed by atoms with Crippen LogP contribution in [0.4, 0.5) is 22.7 Å². The largest absolute Gasteiger partial charge is 0.488 e. The van der Waals surface area contributed by atoms with Crippen molar-refractivity contribution in [1.29, 1.82) is 0 Å². The summed E-state index contributed by atoms with van der Waals surface area (Å²) in [6, 6.07) is 8.03. The Bertz CT molecular complexity index is 1050. The highest BCUT2D eigenvalue weighted by Gasteiger charge is 2.25. The van der Waals surface area contributed by atoms with Crippen molar-refractivity contribution in [2.75, 3.05) is 36.5 Å². The summed E-state index contributed by atoms with van der Waals surface area (Å²) in [6.45, 7) is 8.78. The normalized spacial score (nSPS) is 21.2. The Morgan fingerprint density at radius 3 is 2.61 bits per heavy atom. The molecule has 0 spiro atoms. The first-order valence-electron chi connectivity index (χ1n) is 11.6. The average Bonchev–Trinajstić information content (AvgIpc) is 2.83. The number of hydrogen-bond acceptors (Lipinski definition) is 7. The van der Waals surface area contributed by atoms with E-state index in [1.807, 2.05) is 19.1 Å². The Kier molecular flexibility index (Phi) is 7.44. The third kappa shape index (κ3) is 5.63. The van der Waals surface area contributed by atoms with Crippen LogP contribution >= 0.6 is 0 Å². The monoisotopic (exact) mass is 451 g/mol. The molecular formula is C25H33N5O3. The van der Waals surface area contributed by atoms with E-state index in [9.17, 15) is 4.79 Å². The summed E-state index contributed by atoms with van der Waals surface area (Å²) in [5.74, 6) is 0.734. The van der Waals surface area contributed by atoms with Crippen LogP contribution in [0, 0.1) is 0 Å². The van der Waals surface area contributed by atoms with E-state index >= 15 is 0 Å². The molecule has 1 N–H and O–H groups in total. The van der Waals surface area contributed by atoms with Gasteiger partial charge in [-0.3, -0.25) is 14.8 Å². The minimum atomic E-state index is -0.00725. The van der Waals surface area contributed by atoms with Gasteiger partial charge in [0, 0.05) is 62.1 Å². The number of aromatic nitrogens is 1. The van der Waals surface area contributed by atoms with Crippen LogP contribution in [0.25, 0.3) is 0 Å². The zero-order valence-electron chi connectivity index (χ0n) is 19.5. The van der Waals surface area contributed by atoms with E-state index in [2.05, 4.69) is 33.0 Å². The third-order valence-corrected chi connectivity index (χ3v) is 6.29. The van der Waals surface area contributed by atoms with Gasteiger partial charge in [0.25, 0.3) is 5.56 Å². The summed E-state index contributed by atoms with van der Waals surface area (Å²) in [6.07, 6.45) is 7.46. The molecule has 1 saturated carbocycles. The standard InChI is InChI=1S/C25H33N5O3/c1-4-27-22-16-20(30-11-13-32-14-12-30)17-23(25(22)26-2)33-21-7-5-18(6-8-21)28-19-9-10-29(3)24(31)15-19/h4,9-10,15-18,21,28H,2,5-8,11-14H2,1,3H3. The molecule has 0 unspecified atom stereocenters.